The monoisotopic (exact) mass is 731 g/mol. The van der Waals surface area contributed by atoms with Crippen molar-refractivity contribution in [3.05, 3.63) is 133 Å². The van der Waals surface area contributed by atoms with E-state index in [2.05, 4.69) is 22.6 Å². The van der Waals surface area contributed by atoms with Crippen LogP contribution in [0.15, 0.2) is 72.8 Å². The normalized spacial score (nSPS) is 12.1. The summed E-state index contributed by atoms with van der Waals surface area (Å²) in [6, 6.07) is 20.7. The third kappa shape index (κ3) is 6.00. The van der Waals surface area contributed by atoms with Crippen LogP contribution in [0.3, 0.4) is 0 Å². The van der Waals surface area contributed by atoms with Crippen LogP contribution in [0.1, 0.15) is 52.3 Å². The Morgan fingerprint density at radius 2 is 1.24 bits per heavy atom. The fourth-order valence-electron chi connectivity index (χ4n) is 6.24. The van der Waals surface area contributed by atoms with E-state index in [0.717, 1.165) is 51.3 Å². The summed E-state index contributed by atoms with van der Waals surface area (Å²) in [5.41, 5.74) is 8.83. The van der Waals surface area contributed by atoms with E-state index < -0.39 is 17.5 Å². The average Bonchev–Trinajstić information content (AvgIpc) is 3.50. The van der Waals surface area contributed by atoms with Crippen LogP contribution in [0.5, 0.6) is 0 Å². The van der Waals surface area contributed by atoms with Gasteiger partial charge in [-0.3, -0.25) is 0 Å². The standard InChI is InChI=1S/C37H33F3IN5/c1-20-13-29(39)37(31(41)14-20)33-10-7-9-32(42-33)36-27(18-26(38)19-30(36)40)21(2)15-28-34(45-24(5)16-22(3)43-45)11-8-12-35(28)46-25(6)17-23(4)44-46/h7-14,16-19,21H,15H2,1-6H3/t21-/m1/s1. The van der Waals surface area contributed by atoms with Crippen molar-refractivity contribution in [2.75, 3.05) is 0 Å². The van der Waals surface area contributed by atoms with Crippen molar-refractivity contribution >= 4 is 22.6 Å². The second-order valence-electron chi connectivity index (χ2n) is 11.9. The fraction of sp³-hybridized carbons (Fsp3) is 0.216. The minimum absolute atomic E-state index is 0.189. The number of benzene rings is 3. The average molecular weight is 732 g/mol. The molecule has 0 aliphatic rings. The van der Waals surface area contributed by atoms with Gasteiger partial charge in [0.2, 0.25) is 0 Å². The molecular weight excluding hydrogens is 698 g/mol. The van der Waals surface area contributed by atoms with Gasteiger partial charge in [0.15, 0.2) is 0 Å². The van der Waals surface area contributed by atoms with Crippen molar-refractivity contribution in [3.8, 4) is 33.9 Å². The van der Waals surface area contributed by atoms with Gasteiger partial charge < -0.3 is 0 Å². The molecular formula is C37H33F3IN5. The zero-order valence-electron chi connectivity index (χ0n) is 26.5. The van der Waals surface area contributed by atoms with Crippen molar-refractivity contribution in [2.24, 2.45) is 0 Å². The molecule has 3 aromatic heterocycles. The number of pyridine rings is 1. The maximum atomic E-state index is 15.9. The molecule has 0 amide bonds. The Balaban J connectivity index is 1.51. The van der Waals surface area contributed by atoms with Gasteiger partial charge in [0, 0.05) is 37.7 Å². The molecule has 0 N–H and O–H groups in total. The zero-order valence-corrected chi connectivity index (χ0v) is 28.6. The summed E-state index contributed by atoms with van der Waals surface area (Å²) in [6.07, 6.45) is 0.419. The molecule has 234 valence electrons. The molecule has 0 saturated carbocycles. The summed E-state index contributed by atoms with van der Waals surface area (Å²) in [4.78, 5) is 4.73. The number of hydrogen-bond acceptors (Lipinski definition) is 3. The number of aromatic nitrogens is 5. The molecule has 0 saturated heterocycles. The molecule has 0 unspecified atom stereocenters. The second kappa shape index (κ2) is 12.5. The minimum Gasteiger partial charge on any atom is -0.248 e. The van der Waals surface area contributed by atoms with E-state index in [9.17, 15) is 4.39 Å². The number of rotatable bonds is 7. The van der Waals surface area contributed by atoms with Crippen molar-refractivity contribution < 1.29 is 13.2 Å². The van der Waals surface area contributed by atoms with Crippen LogP contribution in [0.4, 0.5) is 13.2 Å². The number of nitrogens with zero attached hydrogens (tertiary/aromatic N) is 5. The molecule has 46 heavy (non-hydrogen) atoms. The Labute approximate surface area is 280 Å². The minimum atomic E-state index is -0.726. The Morgan fingerprint density at radius 3 is 1.78 bits per heavy atom. The van der Waals surface area contributed by atoms with Gasteiger partial charge in [0.25, 0.3) is 0 Å². The second-order valence-corrected chi connectivity index (χ2v) is 13.1. The maximum Gasteiger partial charge on any atom is 0.135 e. The molecule has 3 heterocycles. The van der Waals surface area contributed by atoms with Gasteiger partial charge in [-0.15, -0.1) is 0 Å². The van der Waals surface area contributed by atoms with Gasteiger partial charge in [-0.05, 0) is 135 Å². The predicted molar refractivity (Wildman–Crippen MR) is 184 cm³/mol. The Hall–Kier alpha value is -4.25. The lowest BCUT2D eigenvalue weighted by atomic mass is 9.87. The zero-order chi connectivity index (χ0) is 32.9. The van der Waals surface area contributed by atoms with Gasteiger partial charge in [-0.25, -0.2) is 27.5 Å². The van der Waals surface area contributed by atoms with Gasteiger partial charge in [-0.2, -0.15) is 10.2 Å². The van der Waals surface area contributed by atoms with Crippen LogP contribution in [0.25, 0.3) is 33.9 Å². The fourth-order valence-corrected chi connectivity index (χ4v) is 7.27. The first-order valence-electron chi connectivity index (χ1n) is 15.0. The van der Waals surface area contributed by atoms with Crippen LogP contribution >= 0.6 is 22.6 Å². The Morgan fingerprint density at radius 1 is 0.696 bits per heavy atom. The molecule has 9 heteroatoms. The smallest absolute Gasteiger partial charge is 0.135 e. The largest absolute Gasteiger partial charge is 0.248 e. The molecule has 5 nitrogen and oxygen atoms in total. The molecule has 6 rings (SSSR count). The van der Waals surface area contributed by atoms with E-state index >= 15 is 8.78 Å². The van der Waals surface area contributed by atoms with Crippen molar-refractivity contribution in [1.82, 2.24) is 24.5 Å². The maximum absolute atomic E-state index is 15.9. The van der Waals surface area contributed by atoms with E-state index in [-0.39, 0.29) is 11.5 Å². The van der Waals surface area contributed by atoms with Crippen LogP contribution in [0.2, 0.25) is 0 Å². The Bertz CT molecular complexity index is 2030. The SMILES string of the molecule is Cc1cc(F)c(-c2cccc(-c3c(F)cc(F)cc3[C@H](C)Cc3c(-n4nc(C)cc4C)cccc3-n3nc(C)cc3C)n2)c(I)c1. The first-order chi connectivity index (χ1) is 21.9. The van der Waals surface area contributed by atoms with E-state index in [1.165, 1.54) is 12.1 Å². The van der Waals surface area contributed by atoms with Gasteiger partial charge in [0.05, 0.1) is 34.2 Å². The van der Waals surface area contributed by atoms with E-state index in [0.29, 0.717) is 32.5 Å². The molecule has 0 spiro atoms. The molecule has 0 bridgehead atoms. The van der Waals surface area contributed by atoms with Crippen molar-refractivity contribution in [3.63, 3.8) is 0 Å². The van der Waals surface area contributed by atoms with E-state index in [1.807, 2.05) is 87.3 Å². The molecule has 0 aliphatic carbocycles. The lowest BCUT2D eigenvalue weighted by Crippen LogP contribution is -2.13. The third-order valence-corrected chi connectivity index (χ3v) is 9.03. The summed E-state index contributed by atoms with van der Waals surface area (Å²) in [6.45, 7) is 11.7. The van der Waals surface area contributed by atoms with Gasteiger partial charge in [-0.1, -0.05) is 19.1 Å². The highest BCUT2D eigenvalue weighted by molar-refractivity contribution is 14.1. The summed E-state index contributed by atoms with van der Waals surface area (Å²) in [7, 11) is 0. The highest BCUT2D eigenvalue weighted by Crippen LogP contribution is 2.38. The molecule has 1 atom stereocenters. The third-order valence-electron chi connectivity index (χ3n) is 8.18. The highest BCUT2D eigenvalue weighted by Gasteiger charge is 2.24. The topological polar surface area (TPSA) is 48.5 Å². The van der Waals surface area contributed by atoms with Crippen molar-refractivity contribution in [1.29, 1.82) is 0 Å². The summed E-state index contributed by atoms with van der Waals surface area (Å²) >= 11 is 2.09. The molecule has 0 aliphatic heterocycles. The molecule has 3 aromatic carbocycles. The van der Waals surface area contributed by atoms with E-state index in [1.54, 1.807) is 18.2 Å². The molecule has 0 fully saturated rings. The summed E-state index contributed by atoms with van der Waals surface area (Å²) in [5, 5.41) is 9.52. The van der Waals surface area contributed by atoms with Gasteiger partial charge >= 0.3 is 0 Å². The molecule has 0 radical (unpaired) electrons. The summed E-state index contributed by atoms with van der Waals surface area (Å²) < 4.78 is 50.5. The lowest BCUT2D eigenvalue weighted by Gasteiger charge is -2.22. The number of halogens is 4. The summed E-state index contributed by atoms with van der Waals surface area (Å²) in [5.74, 6) is -2.17. The quantitative estimate of drug-likeness (QED) is 0.154. The van der Waals surface area contributed by atoms with Crippen molar-refractivity contribution in [2.45, 2.75) is 53.9 Å². The van der Waals surface area contributed by atoms with Crippen LogP contribution < -0.4 is 0 Å². The highest BCUT2D eigenvalue weighted by atomic mass is 127. The molecule has 6 aromatic rings. The number of aryl methyl sites for hydroxylation is 5. The Kier molecular flexibility index (Phi) is 8.62. The van der Waals surface area contributed by atoms with E-state index in [4.69, 9.17) is 15.2 Å². The van der Waals surface area contributed by atoms with Crippen LogP contribution in [0, 0.1) is 55.6 Å². The lowest BCUT2D eigenvalue weighted by molar-refractivity contribution is 0.576. The first kappa shape index (κ1) is 31.7. The predicted octanol–water partition coefficient (Wildman–Crippen LogP) is 9.70. The van der Waals surface area contributed by atoms with Gasteiger partial charge in [0.1, 0.15) is 17.5 Å². The van der Waals surface area contributed by atoms with Crippen LogP contribution in [-0.2, 0) is 6.42 Å². The number of hydrogen-bond donors (Lipinski definition) is 0. The first-order valence-corrected chi connectivity index (χ1v) is 16.1. The van der Waals surface area contributed by atoms with Crippen LogP contribution in [-0.4, -0.2) is 24.5 Å².